The van der Waals surface area contributed by atoms with Gasteiger partial charge in [-0.25, -0.2) is 0 Å². The summed E-state index contributed by atoms with van der Waals surface area (Å²) in [6.07, 6.45) is 118. The first-order chi connectivity index (χ1) is 43.6. The van der Waals surface area contributed by atoms with E-state index in [9.17, 15) is 14.7 Å². The standard InChI is InChI=1S/C83H136O5/c1-3-5-7-9-11-13-15-17-19-21-23-25-27-29-31-33-35-37-39-40-41-42-44-46-48-50-52-54-56-58-60-62-64-66-68-70-72-74-76-78-83(86)88-81(79-84)80-87-82(85)77-75-73-71-69-67-65-63-61-59-57-55-53-51-49-47-45-43-38-36-34-32-30-28-26-24-22-20-18-16-14-12-10-8-6-4-2/h5-8,11-14,17-20,23-26,29-32,35-38,40-41,44,46,81,84H,3-4,9-10,15-16,21-22,27-28,33-34,39,42-43,45,47-80H2,1-2H3/b7-5-,8-6-,13-11-,14-12-,19-17-,20-18-,25-23-,26-24-,31-29-,32-30-,37-35-,38-36-,41-40-,46-44-. The molecule has 0 spiro atoms. The van der Waals surface area contributed by atoms with Crippen LogP contribution in [0.1, 0.15) is 322 Å². The molecule has 0 heterocycles. The van der Waals surface area contributed by atoms with Crippen LogP contribution < -0.4 is 0 Å². The van der Waals surface area contributed by atoms with Crippen molar-refractivity contribution in [3.05, 3.63) is 170 Å². The Bertz CT molecular complexity index is 1910. The number of aliphatic hydroxyl groups is 1. The van der Waals surface area contributed by atoms with Gasteiger partial charge in [0.1, 0.15) is 6.61 Å². The van der Waals surface area contributed by atoms with E-state index >= 15 is 0 Å². The highest BCUT2D eigenvalue weighted by molar-refractivity contribution is 5.70. The number of allylic oxidation sites excluding steroid dienone is 28. The highest BCUT2D eigenvalue weighted by Gasteiger charge is 2.16. The first kappa shape index (κ1) is 83.3. The van der Waals surface area contributed by atoms with Crippen LogP contribution in [-0.2, 0) is 19.1 Å². The molecule has 0 rings (SSSR count). The first-order valence-electron chi connectivity index (χ1n) is 36.7. The molecule has 0 aliphatic rings. The number of ether oxygens (including phenoxy) is 2. The fourth-order valence-electron chi connectivity index (χ4n) is 10.1. The van der Waals surface area contributed by atoms with E-state index in [-0.39, 0.29) is 25.2 Å². The van der Waals surface area contributed by atoms with Crippen molar-refractivity contribution in [1.29, 1.82) is 0 Å². The minimum Gasteiger partial charge on any atom is -0.462 e. The van der Waals surface area contributed by atoms with Crippen molar-refractivity contribution in [3.8, 4) is 0 Å². The average Bonchev–Trinajstić information content (AvgIpc) is 3.54. The summed E-state index contributed by atoms with van der Waals surface area (Å²) in [6, 6.07) is 0. The third-order valence-corrected chi connectivity index (χ3v) is 15.5. The molecule has 0 aromatic rings. The molecule has 0 aliphatic heterocycles. The number of aliphatic hydroxyl groups excluding tert-OH is 1. The topological polar surface area (TPSA) is 72.8 Å². The summed E-state index contributed by atoms with van der Waals surface area (Å²) in [5, 5.41) is 9.72. The van der Waals surface area contributed by atoms with Crippen molar-refractivity contribution in [2.75, 3.05) is 13.2 Å². The van der Waals surface area contributed by atoms with Gasteiger partial charge in [-0.2, -0.15) is 0 Å². The normalized spacial score (nSPS) is 13.3. The molecule has 0 saturated heterocycles. The maximum absolute atomic E-state index is 12.4. The van der Waals surface area contributed by atoms with Crippen LogP contribution in [0.3, 0.4) is 0 Å². The highest BCUT2D eigenvalue weighted by Crippen LogP contribution is 2.17. The van der Waals surface area contributed by atoms with E-state index in [1.165, 1.54) is 167 Å². The molecule has 0 aromatic heterocycles. The molecule has 0 bridgehead atoms. The van der Waals surface area contributed by atoms with E-state index in [0.29, 0.717) is 12.8 Å². The lowest BCUT2D eigenvalue weighted by Gasteiger charge is -2.15. The molecule has 5 heteroatoms. The maximum atomic E-state index is 12.4. The molecule has 0 fully saturated rings. The van der Waals surface area contributed by atoms with Gasteiger partial charge in [-0.3, -0.25) is 9.59 Å². The lowest BCUT2D eigenvalue weighted by Crippen LogP contribution is -2.28. The van der Waals surface area contributed by atoms with Crippen molar-refractivity contribution >= 4 is 11.9 Å². The van der Waals surface area contributed by atoms with Crippen molar-refractivity contribution in [2.45, 2.75) is 328 Å². The van der Waals surface area contributed by atoms with E-state index in [0.717, 1.165) is 128 Å². The van der Waals surface area contributed by atoms with Gasteiger partial charge in [-0.15, -0.1) is 0 Å². The minimum atomic E-state index is -0.783. The second kappa shape index (κ2) is 76.5. The Balaban J connectivity index is 3.50. The van der Waals surface area contributed by atoms with Gasteiger partial charge >= 0.3 is 11.9 Å². The smallest absolute Gasteiger partial charge is 0.306 e. The average molecular weight is 1210 g/mol. The Labute approximate surface area is 544 Å². The summed E-state index contributed by atoms with van der Waals surface area (Å²) < 4.78 is 10.8. The quantitative estimate of drug-likeness (QED) is 0.0373. The molecule has 0 aromatic carbocycles. The van der Waals surface area contributed by atoms with E-state index in [2.05, 4.69) is 184 Å². The molecule has 5 nitrogen and oxygen atoms in total. The van der Waals surface area contributed by atoms with Crippen molar-refractivity contribution in [1.82, 2.24) is 0 Å². The van der Waals surface area contributed by atoms with Crippen LogP contribution in [0.5, 0.6) is 0 Å². The van der Waals surface area contributed by atoms with Crippen LogP contribution in [0.25, 0.3) is 0 Å². The molecule has 0 aliphatic carbocycles. The van der Waals surface area contributed by atoms with E-state index in [1.807, 2.05) is 0 Å². The Hall–Kier alpha value is -4.74. The number of carbonyl (C=O) groups excluding carboxylic acids is 2. The van der Waals surface area contributed by atoms with Crippen LogP contribution in [0.2, 0.25) is 0 Å². The molecule has 0 amide bonds. The van der Waals surface area contributed by atoms with E-state index in [1.54, 1.807) is 0 Å². The largest absolute Gasteiger partial charge is 0.462 e. The van der Waals surface area contributed by atoms with Gasteiger partial charge in [-0.05, 0) is 128 Å². The summed E-state index contributed by atoms with van der Waals surface area (Å²) in [5.74, 6) is -0.589. The fraction of sp³-hybridized carbons (Fsp3) is 0.639. The summed E-state index contributed by atoms with van der Waals surface area (Å²) >= 11 is 0. The van der Waals surface area contributed by atoms with Gasteiger partial charge in [0.15, 0.2) is 6.10 Å². The number of esters is 2. The molecule has 0 saturated carbocycles. The molecule has 0 radical (unpaired) electrons. The Morgan fingerprint density at radius 1 is 0.261 bits per heavy atom. The number of hydrogen-bond donors (Lipinski definition) is 1. The van der Waals surface area contributed by atoms with Crippen LogP contribution in [0.15, 0.2) is 170 Å². The molecule has 1 unspecified atom stereocenters. The number of carbonyl (C=O) groups is 2. The van der Waals surface area contributed by atoms with Gasteiger partial charge < -0.3 is 14.6 Å². The van der Waals surface area contributed by atoms with Crippen LogP contribution in [0.4, 0.5) is 0 Å². The van der Waals surface area contributed by atoms with E-state index in [4.69, 9.17) is 9.47 Å². The fourth-order valence-corrected chi connectivity index (χ4v) is 10.1. The van der Waals surface area contributed by atoms with E-state index < -0.39 is 6.10 Å². The molecular formula is C83H136O5. The van der Waals surface area contributed by atoms with Crippen molar-refractivity contribution in [2.24, 2.45) is 0 Å². The Morgan fingerprint density at radius 2 is 0.455 bits per heavy atom. The van der Waals surface area contributed by atoms with Crippen molar-refractivity contribution < 1.29 is 24.2 Å². The summed E-state index contributed by atoms with van der Waals surface area (Å²) in [4.78, 5) is 24.7. The van der Waals surface area contributed by atoms with Crippen LogP contribution >= 0.6 is 0 Å². The summed E-state index contributed by atoms with van der Waals surface area (Å²) in [7, 11) is 0. The number of hydrogen-bond acceptors (Lipinski definition) is 5. The van der Waals surface area contributed by atoms with Crippen LogP contribution in [-0.4, -0.2) is 36.4 Å². The molecule has 88 heavy (non-hydrogen) atoms. The van der Waals surface area contributed by atoms with Crippen LogP contribution in [0, 0.1) is 0 Å². The Morgan fingerprint density at radius 3 is 0.682 bits per heavy atom. The zero-order valence-electron chi connectivity index (χ0n) is 57.2. The van der Waals surface area contributed by atoms with Crippen molar-refractivity contribution in [3.63, 3.8) is 0 Å². The predicted molar refractivity (Wildman–Crippen MR) is 389 cm³/mol. The van der Waals surface area contributed by atoms with Gasteiger partial charge in [0.25, 0.3) is 0 Å². The second-order valence-corrected chi connectivity index (χ2v) is 23.9. The highest BCUT2D eigenvalue weighted by atomic mass is 16.6. The third kappa shape index (κ3) is 73.7. The Kier molecular flexibility index (Phi) is 72.4. The van der Waals surface area contributed by atoms with Gasteiger partial charge in [0, 0.05) is 12.8 Å². The number of unbranched alkanes of at least 4 members (excludes halogenated alkanes) is 30. The lowest BCUT2D eigenvalue weighted by molar-refractivity contribution is -0.161. The molecule has 1 atom stereocenters. The minimum absolute atomic E-state index is 0.0714. The summed E-state index contributed by atoms with van der Waals surface area (Å²) in [5.41, 5.74) is 0. The third-order valence-electron chi connectivity index (χ3n) is 15.5. The zero-order chi connectivity index (χ0) is 63.3. The first-order valence-corrected chi connectivity index (χ1v) is 36.7. The van der Waals surface area contributed by atoms with Gasteiger partial charge in [-0.1, -0.05) is 351 Å². The van der Waals surface area contributed by atoms with Gasteiger partial charge in [0.2, 0.25) is 0 Å². The zero-order valence-corrected chi connectivity index (χ0v) is 57.2. The predicted octanol–water partition coefficient (Wildman–Crippen LogP) is 26.0. The lowest BCUT2D eigenvalue weighted by atomic mass is 10.0. The number of rotatable bonds is 66. The molecule has 1 N–H and O–H groups in total. The summed E-state index contributed by atoms with van der Waals surface area (Å²) in [6.45, 7) is 3.93. The second-order valence-electron chi connectivity index (χ2n) is 23.9. The van der Waals surface area contributed by atoms with Gasteiger partial charge in [0.05, 0.1) is 6.61 Å². The SMILES string of the molecule is CC/C=C\C/C=C\C/C=C\C/C=C\C/C=C\C/C=C\C/C=C\C/C=C\CCCCCCCCCCCCCCCCC(=O)OC(CO)COC(=O)CCCCCCCCCCCCCCCCCC/C=C\C/C=C\C/C=C\C/C=C\C/C=C\C/C=C\CC. The molecule has 498 valence electrons. The monoisotopic (exact) mass is 1210 g/mol. The maximum Gasteiger partial charge on any atom is 0.306 e. The molecular weight excluding hydrogens is 1080 g/mol.